The van der Waals surface area contributed by atoms with E-state index in [1.165, 1.54) is 18.2 Å². The molecule has 0 spiro atoms. The lowest BCUT2D eigenvalue weighted by Gasteiger charge is -2.21. The molecule has 1 fully saturated rings. The second-order valence-corrected chi connectivity index (χ2v) is 6.34. The first-order valence-corrected chi connectivity index (χ1v) is 8.65. The van der Waals surface area contributed by atoms with Crippen molar-refractivity contribution in [2.45, 2.75) is 25.9 Å². The number of nitrogens with one attached hydrogen (secondary N) is 2. The number of rotatable bonds is 4. The maximum absolute atomic E-state index is 14.0. The number of aryl methyl sites for hydroxylation is 1. The fourth-order valence-corrected chi connectivity index (χ4v) is 3.13. The molecule has 1 aliphatic rings. The smallest absolute Gasteiger partial charge is 0.191 e. The maximum Gasteiger partial charge on any atom is 0.191 e. The molecule has 3 rings (SSSR count). The molecule has 7 heteroatoms. The Morgan fingerprint density at radius 1 is 1.23 bits per heavy atom. The van der Waals surface area contributed by atoms with Gasteiger partial charge < -0.3 is 15.5 Å². The van der Waals surface area contributed by atoms with Crippen LogP contribution in [-0.4, -0.2) is 37.1 Å². The predicted octanol–water partition coefficient (Wildman–Crippen LogP) is 2.61. The van der Waals surface area contributed by atoms with Crippen LogP contribution in [0.1, 0.15) is 17.8 Å². The summed E-state index contributed by atoms with van der Waals surface area (Å²) in [5, 5.41) is 6.54. The molecule has 1 aliphatic heterocycles. The van der Waals surface area contributed by atoms with Crippen LogP contribution in [0.4, 0.5) is 14.5 Å². The Bertz CT molecular complexity index is 773. The van der Waals surface area contributed by atoms with Gasteiger partial charge in [0.1, 0.15) is 17.3 Å². The quantitative estimate of drug-likeness (QED) is 0.651. The van der Waals surface area contributed by atoms with E-state index in [9.17, 15) is 8.78 Å². The lowest BCUT2D eigenvalue weighted by molar-refractivity contribution is 0.576. The lowest BCUT2D eigenvalue weighted by Crippen LogP contribution is -2.44. The highest BCUT2D eigenvalue weighted by molar-refractivity contribution is 5.80. The third-order valence-corrected chi connectivity index (χ3v) is 4.39. The fourth-order valence-electron chi connectivity index (χ4n) is 3.13. The van der Waals surface area contributed by atoms with Crippen LogP contribution in [0.25, 0.3) is 0 Å². The van der Waals surface area contributed by atoms with Gasteiger partial charge in [-0.1, -0.05) is 12.1 Å². The van der Waals surface area contributed by atoms with Gasteiger partial charge in [0.25, 0.3) is 0 Å². The van der Waals surface area contributed by atoms with E-state index in [4.69, 9.17) is 0 Å². The summed E-state index contributed by atoms with van der Waals surface area (Å²) in [6, 6.07) is 9.88. The third-order valence-electron chi connectivity index (χ3n) is 4.39. The number of aromatic nitrogens is 1. The molecule has 2 heterocycles. The standard InChI is InChI=1S/C19H23F2N5/c1-13-5-3-6-14(24-13)11-23-19(22-2)25-15-9-10-26(12-15)18-16(20)7-4-8-17(18)21/h3-8,15H,9-12H2,1-2H3,(H2,22,23,25). The minimum Gasteiger partial charge on any atom is -0.365 e. The van der Waals surface area contributed by atoms with Crippen molar-refractivity contribution in [3.8, 4) is 0 Å². The molecule has 138 valence electrons. The van der Waals surface area contributed by atoms with Gasteiger partial charge in [0.15, 0.2) is 5.96 Å². The van der Waals surface area contributed by atoms with Crippen LogP contribution in [-0.2, 0) is 6.54 Å². The van der Waals surface area contributed by atoms with E-state index in [1.54, 1.807) is 11.9 Å². The van der Waals surface area contributed by atoms with E-state index < -0.39 is 11.6 Å². The molecule has 1 aromatic carbocycles. The van der Waals surface area contributed by atoms with Gasteiger partial charge in [-0.05, 0) is 37.6 Å². The highest BCUT2D eigenvalue weighted by Crippen LogP contribution is 2.26. The van der Waals surface area contributed by atoms with Crippen LogP contribution in [0.5, 0.6) is 0 Å². The second kappa shape index (κ2) is 8.12. The maximum atomic E-state index is 14.0. The Kier molecular flexibility index (Phi) is 5.65. The molecule has 5 nitrogen and oxygen atoms in total. The summed E-state index contributed by atoms with van der Waals surface area (Å²) >= 11 is 0. The highest BCUT2D eigenvalue weighted by Gasteiger charge is 2.27. The zero-order valence-electron chi connectivity index (χ0n) is 15.0. The summed E-state index contributed by atoms with van der Waals surface area (Å²) in [7, 11) is 1.70. The molecule has 0 bridgehead atoms. The molecule has 1 atom stereocenters. The molecular weight excluding hydrogens is 336 g/mol. The first-order valence-electron chi connectivity index (χ1n) is 8.65. The van der Waals surface area contributed by atoms with Crippen molar-refractivity contribution in [1.82, 2.24) is 15.6 Å². The van der Waals surface area contributed by atoms with Crippen LogP contribution in [0.15, 0.2) is 41.4 Å². The summed E-state index contributed by atoms with van der Waals surface area (Å²) < 4.78 is 27.9. The van der Waals surface area contributed by atoms with E-state index in [0.29, 0.717) is 25.6 Å². The van der Waals surface area contributed by atoms with E-state index in [0.717, 1.165) is 17.8 Å². The monoisotopic (exact) mass is 359 g/mol. The van der Waals surface area contributed by atoms with Crippen LogP contribution in [0.3, 0.4) is 0 Å². The van der Waals surface area contributed by atoms with Crippen molar-refractivity contribution in [1.29, 1.82) is 0 Å². The number of guanidine groups is 1. The number of hydrogen-bond donors (Lipinski definition) is 2. The average Bonchev–Trinajstić information content (AvgIpc) is 3.06. The Morgan fingerprint density at radius 2 is 1.96 bits per heavy atom. The largest absolute Gasteiger partial charge is 0.365 e. The van der Waals surface area contributed by atoms with Gasteiger partial charge in [-0.25, -0.2) is 8.78 Å². The zero-order chi connectivity index (χ0) is 18.5. The summed E-state index contributed by atoms with van der Waals surface area (Å²) in [5.74, 6) is -0.411. The highest BCUT2D eigenvalue weighted by atomic mass is 19.1. The molecule has 1 aromatic heterocycles. The Labute approximate surface area is 152 Å². The molecule has 0 aliphatic carbocycles. The van der Waals surface area contributed by atoms with Gasteiger partial charge in [0.05, 0.1) is 12.2 Å². The molecule has 1 saturated heterocycles. The van der Waals surface area contributed by atoms with Crippen molar-refractivity contribution in [2.24, 2.45) is 4.99 Å². The van der Waals surface area contributed by atoms with Crippen molar-refractivity contribution < 1.29 is 8.78 Å². The first-order chi connectivity index (χ1) is 12.6. The van der Waals surface area contributed by atoms with Crippen molar-refractivity contribution in [2.75, 3.05) is 25.0 Å². The van der Waals surface area contributed by atoms with Gasteiger partial charge in [0, 0.05) is 31.9 Å². The zero-order valence-corrected chi connectivity index (χ0v) is 15.0. The Hall–Kier alpha value is -2.70. The molecule has 2 aromatic rings. The molecule has 26 heavy (non-hydrogen) atoms. The van der Waals surface area contributed by atoms with E-state index in [1.807, 2.05) is 25.1 Å². The van der Waals surface area contributed by atoms with Crippen molar-refractivity contribution >= 4 is 11.6 Å². The molecule has 1 unspecified atom stereocenters. The van der Waals surface area contributed by atoms with Crippen molar-refractivity contribution in [3.05, 3.63) is 59.4 Å². The normalized spacial score (nSPS) is 17.5. The van der Waals surface area contributed by atoms with Crippen LogP contribution >= 0.6 is 0 Å². The molecule has 0 saturated carbocycles. The number of nitrogens with zero attached hydrogens (tertiary/aromatic N) is 3. The Balaban J connectivity index is 1.57. The van der Waals surface area contributed by atoms with E-state index in [-0.39, 0.29) is 11.7 Å². The fraction of sp³-hybridized carbons (Fsp3) is 0.368. The second-order valence-electron chi connectivity index (χ2n) is 6.34. The number of para-hydroxylation sites is 1. The number of anilines is 1. The minimum absolute atomic E-state index is 0.0451. The van der Waals surface area contributed by atoms with Gasteiger partial charge >= 0.3 is 0 Å². The third kappa shape index (κ3) is 4.28. The summed E-state index contributed by atoms with van der Waals surface area (Å²) in [6.45, 7) is 3.61. The number of aliphatic imine (C=N–C) groups is 1. The number of pyridine rings is 1. The molecule has 2 N–H and O–H groups in total. The molecule has 0 radical (unpaired) electrons. The molecular formula is C19H23F2N5. The number of halogens is 2. The lowest BCUT2D eigenvalue weighted by atomic mass is 10.2. The number of hydrogen-bond acceptors (Lipinski definition) is 3. The van der Waals surface area contributed by atoms with Crippen LogP contribution in [0, 0.1) is 18.6 Å². The van der Waals surface area contributed by atoms with Crippen LogP contribution < -0.4 is 15.5 Å². The summed E-state index contributed by atoms with van der Waals surface area (Å²) in [5.41, 5.74) is 1.93. The van der Waals surface area contributed by atoms with E-state index >= 15 is 0 Å². The Morgan fingerprint density at radius 3 is 2.65 bits per heavy atom. The molecule has 0 amide bonds. The SMILES string of the molecule is CN=C(NCc1cccc(C)n1)NC1CCN(c2c(F)cccc2F)C1. The minimum atomic E-state index is -0.529. The topological polar surface area (TPSA) is 52.6 Å². The number of benzene rings is 1. The van der Waals surface area contributed by atoms with Gasteiger partial charge in [-0.3, -0.25) is 9.98 Å². The van der Waals surface area contributed by atoms with Crippen molar-refractivity contribution in [3.63, 3.8) is 0 Å². The average molecular weight is 359 g/mol. The summed E-state index contributed by atoms with van der Waals surface area (Å²) in [6.07, 6.45) is 0.775. The van der Waals surface area contributed by atoms with Gasteiger partial charge in [-0.15, -0.1) is 0 Å². The van der Waals surface area contributed by atoms with Crippen LogP contribution in [0.2, 0.25) is 0 Å². The summed E-state index contributed by atoms with van der Waals surface area (Å²) in [4.78, 5) is 10.4. The first kappa shape index (κ1) is 18.1. The predicted molar refractivity (Wildman–Crippen MR) is 99.3 cm³/mol. The van der Waals surface area contributed by atoms with E-state index in [2.05, 4.69) is 20.6 Å². The van der Waals surface area contributed by atoms with Gasteiger partial charge in [0.2, 0.25) is 0 Å². The van der Waals surface area contributed by atoms with Gasteiger partial charge in [-0.2, -0.15) is 0 Å².